The van der Waals surface area contributed by atoms with E-state index in [1.165, 1.54) is 24.0 Å². The van der Waals surface area contributed by atoms with Crippen LogP contribution < -0.4 is 4.90 Å². The Balaban J connectivity index is 1.20. The Labute approximate surface area is 199 Å². The zero-order valence-electron chi connectivity index (χ0n) is 19.9. The van der Waals surface area contributed by atoms with Crippen LogP contribution in [0.25, 0.3) is 16.7 Å². The van der Waals surface area contributed by atoms with E-state index < -0.39 is 5.60 Å². The number of β-amino-alcohol motifs (C(OH)–C–C–N with tert-alkyl or cyclic N) is 1. The summed E-state index contributed by atoms with van der Waals surface area (Å²) in [6.07, 6.45) is 5.23. The highest BCUT2D eigenvalue weighted by atomic mass is 16.5. The largest absolute Gasteiger partial charge is 0.388 e. The highest BCUT2D eigenvalue weighted by Crippen LogP contribution is 2.50. The molecule has 1 aliphatic carbocycles. The second kappa shape index (κ2) is 7.47. The van der Waals surface area contributed by atoms with Gasteiger partial charge in [0.2, 0.25) is 0 Å². The van der Waals surface area contributed by atoms with Gasteiger partial charge < -0.3 is 14.7 Å². The van der Waals surface area contributed by atoms with E-state index in [1.807, 2.05) is 23.9 Å². The molecule has 8 heteroatoms. The summed E-state index contributed by atoms with van der Waals surface area (Å²) < 4.78 is 7.36. The van der Waals surface area contributed by atoms with Crippen LogP contribution in [0, 0.1) is 19.8 Å². The number of hydrogen-bond donors (Lipinski definition) is 1. The summed E-state index contributed by atoms with van der Waals surface area (Å²) in [5, 5.41) is 16.4. The molecule has 0 spiro atoms. The fraction of sp³-hybridized carbons (Fsp3) is 0.577. The van der Waals surface area contributed by atoms with Crippen LogP contribution in [-0.2, 0) is 4.74 Å². The van der Waals surface area contributed by atoms with Gasteiger partial charge in [-0.25, -0.2) is 14.6 Å². The Morgan fingerprint density at radius 3 is 2.56 bits per heavy atom. The van der Waals surface area contributed by atoms with E-state index in [2.05, 4.69) is 33.8 Å². The third kappa shape index (κ3) is 3.34. The van der Waals surface area contributed by atoms with E-state index in [4.69, 9.17) is 14.8 Å². The number of aliphatic hydroxyl groups is 1. The average Bonchev–Trinajstić information content (AvgIpc) is 3.10. The molecule has 5 heterocycles. The van der Waals surface area contributed by atoms with E-state index in [0.717, 1.165) is 67.6 Å². The Bertz CT molecular complexity index is 1260. The van der Waals surface area contributed by atoms with Crippen molar-refractivity contribution in [3.05, 3.63) is 41.3 Å². The first-order valence-corrected chi connectivity index (χ1v) is 12.6. The summed E-state index contributed by atoms with van der Waals surface area (Å²) in [4.78, 5) is 14.2. The molecule has 1 N–H and O–H groups in total. The van der Waals surface area contributed by atoms with Crippen molar-refractivity contribution >= 4 is 16.7 Å². The molecule has 2 aromatic heterocycles. The van der Waals surface area contributed by atoms with Gasteiger partial charge in [0, 0.05) is 30.5 Å². The quantitative estimate of drug-likeness (QED) is 0.641. The van der Waals surface area contributed by atoms with Crippen LogP contribution in [0.3, 0.4) is 0 Å². The summed E-state index contributed by atoms with van der Waals surface area (Å²) in [5.74, 6) is 3.35. The van der Waals surface area contributed by atoms with Crippen molar-refractivity contribution in [2.45, 2.75) is 50.7 Å². The number of rotatable bonds is 4. The lowest BCUT2D eigenvalue weighted by atomic mass is 9.85. The van der Waals surface area contributed by atoms with Gasteiger partial charge in [-0.15, -0.1) is 0 Å². The molecule has 3 aliphatic heterocycles. The molecule has 3 saturated heterocycles. The number of piperidine rings is 2. The van der Waals surface area contributed by atoms with Crippen molar-refractivity contribution in [2.24, 2.45) is 5.92 Å². The first-order chi connectivity index (χ1) is 16.5. The van der Waals surface area contributed by atoms with Gasteiger partial charge in [-0.05, 0) is 75.4 Å². The molecule has 0 amide bonds. The number of aryl methyl sites for hydroxylation is 2. The van der Waals surface area contributed by atoms with Gasteiger partial charge in [0.1, 0.15) is 11.6 Å². The van der Waals surface area contributed by atoms with Gasteiger partial charge in [-0.1, -0.05) is 0 Å². The number of hydrogen-bond acceptors (Lipinski definition) is 7. The predicted molar refractivity (Wildman–Crippen MR) is 130 cm³/mol. The molecule has 2 atom stereocenters. The molecule has 4 fully saturated rings. The zero-order chi connectivity index (χ0) is 23.0. The molecule has 4 aliphatic rings. The summed E-state index contributed by atoms with van der Waals surface area (Å²) in [5.41, 5.74) is 3.38. The standard InChI is InChI=1S/C26H32N6O2/c1-16-7-19-11-27-32(23(19)8-22(16)18-3-5-30(6-4-18)21-13-34-14-21)25-9-24(28-17(2)29-25)31-12-20-10-26(20,33)15-31/h7-9,11,18,20-21,33H,3-6,10,12-15H2,1-2H3. The monoisotopic (exact) mass is 460 g/mol. The number of nitrogens with zero attached hydrogens (tertiary/aromatic N) is 6. The van der Waals surface area contributed by atoms with Gasteiger partial charge in [-0.2, -0.15) is 5.10 Å². The smallest absolute Gasteiger partial charge is 0.159 e. The molecular weight excluding hydrogens is 428 g/mol. The van der Waals surface area contributed by atoms with E-state index >= 15 is 0 Å². The maximum absolute atomic E-state index is 10.5. The molecule has 3 aromatic rings. The number of anilines is 1. The zero-order valence-corrected chi connectivity index (χ0v) is 19.9. The highest BCUT2D eigenvalue weighted by molar-refractivity contribution is 5.82. The number of ether oxygens (including phenoxy) is 1. The summed E-state index contributed by atoms with van der Waals surface area (Å²) >= 11 is 0. The second-order valence-corrected chi connectivity index (χ2v) is 10.8. The lowest BCUT2D eigenvalue weighted by Crippen LogP contribution is -2.51. The third-order valence-corrected chi connectivity index (χ3v) is 8.52. The molecule has 34 heavy (non-hydrogen) atoms. The van der Waals surface area contributed by atoms with Crippen LogP contribution in [0.4, 0.5) is 5.82 Å². The minimum absolute atomic E-state index is 0.380. The van der Waals surface area contributed by atoms with Crippen molar-refractivity contribution in [1.29, 1.82) is 0 Å². The second-order valence-electron chi connectivity index (χ2n) is 10.8. The van der Waals surface area contributed by atoms with Crippen LogP contribution in [-0.4, -0.2) is 80.8 Å². The maximum atomic E-state index is 10.5. The Kier molecular flexibility index (Phi) is 4.57. The summed E-state index contributed by atoms with van der Waals surface area (Å²) in [6.45, 7) is 9.76. The molecule has 178 valence electrons. The number of benzene rings is 1. The molecule has 0 radical (unpaired) electrons. The minimum Gasteiger partial charge on any atom is -0.388 e. The fourth-order valence-electron chi connectivity index (χ4n) is 6.27. The number of likely N-dealkylation sites (tertiary alicyclic amines) is 1. The lowest BCUT2D eigenvalue weighted by molar-refractivity contribution is -0.0712. The van der Waals surface area contributed by atoms with E-state index in [9.17, 15) is 5.11 Å². The first kappa shape index (κ1) is 20.8. The van der Waals surface area contributed by atoms with Crippen molar-refractivity contribution < 1.29 is 9.84 Å². The fourth-order valence-corrected chi connectivity index (χ4v) is 6.27. The highest BCUT2D eigenvalue weighted by Gasteiger charge is 2.59. The summed E-state index contributed by atoms with van der Waals surface area (Å²) in [6, 6.07) is 7.27. The van der Waals surface area contributed by atoms with Crippen LogP contribution in [0.1, 0.15) is 42.1 Å². The first-order valence-electron chi connectivity index (χ1n) is 12.6. The average molecular weight is 461 g/mol. The number of aromatic nitrogens is 4. The van der Waals surface area contributed by atoms with Crippen molar-refractivity contribution in [3.8, 4) is 5.82 Å². The molecular formula is C26H32N6O2. The molecule has 0 bridgehead atoms. The molecule has 2 unspecified atom stereocenters. The molecule has 7 rings (SSSR count). The molecule has 1 saturated carbocycles. The van der Waals surface area contributed by atoms with Crippen LogP contribution >= 0.6 is 0 Å². The van der Waals surface area contributed by atoms with Gasteiger partial charge in [0.25, 0.3) is 0 Å². The van der Waals surface area contributed by atoms with Crippen molar-refractivity contribution in [2.75, 3.05) is 44.3 Å². The normalized spacial score (nSPS) is 27.9. The Morgan fingerprint density at radius 1 is 1.06 bits per heavy atom. The van der Waals surface area contributed by atoms with Crippen LogP contribution in [0.5, 0.6) is 0 Å². The third-order valence-electron chi connectivity index (χ3n) is 8.52. The van der Waals surface area contributed by atoms with E-state index in [1.54, 1.807) is 0 Å². The SMILES string of the molecule is Cc1nc(N2CC3CC3(O)C2)cc(-n2ncc3cc(C)c(C4CCN(C5COC5)CC4)cc32)n1. The lowest BCUT2D eigenvalue weighted by Gasteiger charge is -2.41. The summed E-state index contributed by atoms with van der Waals surface area (Å²) in [7, 11) is 0. The van der Waals surface area contributed by atoms with E-state index in [-0.39, 0.29) is 0 Å². The minimum atomic E-state index is -0.509. The van der Waals surface area contributed by atoms with Gasteiger partial charge in [0.05, 0.1) is 36.6 Å². The van der Waals surface area contributed by atoms with Gasteiger partial charge >= 0.3 is 0 Å². The Morgan fingerprint density at radius 2 is 1.85 bits per heavy atom. The number of fused-ring (bicyclic) bond motifs is 2. The van der Waals surface area contributed by atoms with E-state index in [0.29, 0.717) is 24.4 Å². The predicted octanol–water partition coefficient (Wildman–Crippen LogP) is 2.58. The topological polar surface area (TPSA) is 79.5 Å². The van der Waals surface area contributed by atoms with Gasteiger partial charge in [0.15, 0.2) is 5.82 Å². The van der Waals surface area contributed by atoms with Gasteiger partial charge in [-0.3, -0.25) is 4.90 Å². The molecule has 8 nitrogen and oxygen atoms in total. The van der Waals surface area contributed by atoms with Crippen LogP contribution in [0.2, 0.25) is 0 Å². The Hall–Kier alpha value is -2.55. The van der Waals surface area contributed by atoms with Crippen molar-refractivity contribution in [3.63, 3.8) is 0 Å². The maximum Gasteiger partial charge on any atom is 0.159 e. The van der Waals surface area contributed by atoms with Crippen molar-refractivity contribution in [1.82, 2.24) is 24.6 Å². The van der Waals surface area contributed by atoms with Crippen LogP contribution in [0.15, 0.2) is 24.4 Å². The molecule has 1 aromatic carbocycles.